The highest BCUT2D eigenvalue weighted by Crippen LogP contribution is 2.25. The normalized spacial score (nSPS) is 34.7. The molecule has 0 saturated carbocycles. The van der Waals surface area contributed by atoms with Crippen molar-refractivity contribution in [3.63, 3.8) is 0 Å². The molecule has 0 bridgehead atoms. The first-order valence-corrected chi connectivity index (χ1v) is 7.24. The number of likely N-dealkylation sites (tertiary alicyclic amines) is 1. The van der Waals surface area contributed by atoms with Gasteiger partial charge in [0, 0.05) is 18.5 Å². The SMILES string of the molecule is CC1CC(C(=O)N2CCCCCC2CCl)CO1. The number of nitrogens with zero attached hydrogens (tertiary/aromatic N) is 1. The van der Waals surface area contributed by atoms with Crippen molar-refractivity contribution in [3.05, 3.63) is 0 Å². The van der Waals surface area contributed by atoms with Crippen LogP contribution in [0.4, 0.5) is 0 Å². The summed E-state index contributed by atoms with van der Waals surface area (Å²) in [6.07, 6.45) is 5.67. The van der Waals surface area contributed by atoms with Crippen molar-refractivity contribution in [1.29, 1.82) is 0 Å². The van der Waals surface area contributed by atoms with Crippen molar-refractivity contribution in [2.45, 2.75) is 51.2 Å². The number of amides is 1. The first-order chi connectivity index (χ1) is 8.22. The summed E-state index contributed by atoms with van der Waals surface area (Å²) in [5.41, 5.74) is 0. The summed E-state index contributed by atoms with van der Waals surface area (Å²) in [5, 5.41) is 0. The summed E-state index contributed by atoms with van der Waals surface area (Å²) < 4.78 is 5.50. The predicted octanol–water partition coefficient (Wildman–Crippen LogP) is 2.42. The fourth-order valence-corrected chi connectivity index (χ4v) is 3.17. The molecule has 17 heavy (non-hydrogen) atoms. The van der Waals surface area contributed by atoms with Gasteiger partial charge in [-0.25, -0.2) is 0 Å². The zero-order valence-electron chi connectivity index (χ0n) is 10.5. The molecule has 1 amide bonds. The molecule has 0 aromatic heterocycles. The van der Waals surface area contributed by atoms with Crippen LogP contribution in [-0.4, -0.2) is 42.0 Å². The Labute approximate surface area is 108 Å². The average molecular weight is 260 g/mol. The van der Waals surface area contributed by atoms with Crippen LogP contribution in [0.25, 0.3) is 0 Å². The van der Waals surface area contributed by atoms with Gasteiger partial charge in [-0.05, 0) is 26.2 Å². The van der Waals surface area contributed by atoms with Gasteiger partial charge >= 0.3 is 0 Å². The highest BCUT2D eigenvalue weighted by Gasteiger charge is 2.34. The molecule has 0 spiro atoms. The van der Waals surface area contributed by atoms with Gasteiger partial charge in [-0.3, -0.25) is 4.79 Å². The van der Waals surface area contributed by atoms with Gasteiger partial charge in [0.25, 0.3) is 0 Å². The Morgan fingerprint density at radius 3 is 2.88 bits per heavy atom. The van der Waals surface area contributed by atoms with Crippen molar-refractivity contribution >= 4 is 17.5 Å². The summed E-state index contributed by atoms with van der Waals surface area (Å²) in [6.45, 7) is 3.50. The van der Waals surface area contributed by atoms with Crippen LogP contribution in [0, 0.1) is 5.92 Å². The topological polar surface area (TPSA) is 29.5 Å². The van der Waals surface area contributed by atoms with Crippen molar-refractivity contribution < 1.29 is 9.53 Å². The van der Waals surface area contributed by atoms with Gasteiger partial charge in [-0.2, -0.15) is 0 Å². The van der Waals surface area contributed by atoms with Crippen LogP contribution < -0.4 is 0 Å². The molecular weight excluding hydrogens is 238 g/mol. The van der Waals surface area contributed by atoms with Crippen LogP contribution in [0.15, 0.2) is 0 Å². The van der Waals surface area contributed by atoms with E-state index >= 15 is 0 Å². The second-order valence-corrected chi connectivity index (χ2v) is 5.57. The predicted molar refractivity (Wildman–Crippen MR) is 68.2 cm³/mol. The van der Waals surface area contributed by atoms with E-state index in [4.69, 9.17) is 16.3 Å². The molecule has 98 valence electrons. The van der Waals surface area contributed by atoms with Crippen molar-refractivity contribution in [2.75, 3.05) is 19.0 Å². The third-order valence-electron chi connectivity index (χ3n) is 3.89. The number of carbonyl (C=O) groups excluding carboxylic acids is 1. The molecule has 2 fully saturated rings. The molecule has 0 aromatic rings. The Morgan fingerprint density at radius 2 is 2.24 bits per heavy atom. The van der Waals surface area contributed by atoms with E-state index in [-0.39, 0.29) is 24.0 Å². The lowest BCUT2D eigenvalue weighted by atomic mass is 10.0. The fourth-order valence-electron chi connectivity index (χ4n) is 2.85. The van der Waals surface area contributed by atoms with Crippen LogP contribution in [0.3, 0.4) is 0 Å². The van der Waals surface area contributed by atoms with Crippen molar-refractivity contribution in [3.8, 4) is 0 Å². The Hall–Kier alpha value is -0.280. The van der Waals surface area contributed by atoms with Crippen molar-refractivity contribution in [1.82, 2.24) is 4.90 Å². The van der Waals surface area contributed by atoms with E-state index in [1.807, 2.05) is 11.8 Å². The van der Waals surface area contributed by atoms with Crippen LogP contribution in [-0.2, 0) is 9.53 Å². The lowest BCUT2D eigenvalue weighted by Crippen LogP contribution is -2.44. The van der Waals surface area contributed by atoms with Gasteiger partial charge in [0.2, 0.25) is 5.91 Å². The molecule has 3 atom stereocenters. The number of rotatable bonds is 2. The summed E-state index contributed by atoms with van der Waals surface area (Å²) in [7, 11) is 0. The molecule has 0 aliphatic carbocycles. The maximum atomic E-state index is 12.5. The van der Waals surface area contributed by atoms with E-state index in [0.29, 0.717) is 12.5 Å². The fraction of sp³-hybridized carbons (Fsp3) is 0.923. The first-order valence-electron chi connectivity index (χ1n) is 6.70. The van der Waals surface area contributed by atoms with E-state index < -0.39 is 0 Å². The van der Waals surface area contributed by atoms with E-state index in [1.54, 1.807) is 0 Å². The third-order valence-corrected chi connectivity index (χ3v) is 4.24. The molecule has 2 heterocycles. The van der Waals surface area contributed by atoms with Crippen LogP contribution in [0.5, 0.6) is 0 Å². The van der Waals surface area contributed by atoms with E-state index in [9.17, 15) is 4.79 Å². The number of ether oxygens (including phenoxy) is 1. The lowest BCUT2D eigenvalue weighted by molar-refractivity contribution is -0.137. The van der Waals surface area contributed by atoms with Crippen molar-refractivity contribution in [2.24, 2.45) is 5.92 Å². The minimum absolute atomic E-state index is 0.0637. The largest absolute Gasteiger partial charge is 0.378 e. The quantitative estimate of drug-likeness (QED) is 0.713. The molecule has 2 aliphatic rings. The van der Waals surface area contributed by atoms with Gasteiger partial charge in [0.15, 0.2) is 0 Å². The molecule has 4 heteroatoms. The average Bonchev–Trinajstić information content (AvgIpc) is 2.64. The number of alkyl halides is 1. The Kier molecular flexibility index (Phi) is 4.69. The Morgan fingerprint density at radius 1 is 1.41 bits per heavy atom. The smallest absolute Gasteiger partial charge is 0.228 e. The van der Waals surface area contributed by atoms with E-state index in [1.165, 1.54) is 12.8 Å². The molecule has 2 rings (SSSR count). The lowest BCUT2D eigenvalue weighted by Gasteiger charge is -2.30. The van der Waals surface area contributed by atoms with Gasteiger partial charge in [-0.15, -0.1) is 11.6 Å². The molecule has 2 aliphatic heterocycles. The number of hydrogen-bond donors (Lipinski definition) is 0. The molecule has 0 radical (unpaired) electrons. The number of hydrogen-bond acceptors (Lipinski definition) is 2. The Balaban J connectivity index is 2.00. The standard InChI is InChI=1S/C13H22ClNO2/c1-10-7-11(9-17-10)13(16)15-6-4-2-3-5-12(15)8-14/h10-12H,2-9H2,1H3. The summed E-state index contributed by atoms with van der Waals surface area (Å²) >= 11 is 6.00. The van der Waals surface area contributed by atoms with Gasteiger partial charge in [0.1, 0.15) is 0 Å². The first kappa shape index (κ1) is 13.2. The molecule has 3 unspecified atom stereocenters. The molecule has 0 N–H and O–H groups in total. The summed E-state index contributed by atoms with van der Waals surface area (Å²) in [5.74, 6) is 0.894. The van der Waals surface area contributed by atoms with Gasteiger partial charge in [0.05, 0.1) is 18.6 Å². The maximum absolute atomic E-state index is 12.5. The van der Waals surface area contributed by atoms with Crippen LogP contribution >= 0.6 is 11.6 Å². The maximum Gasteiger partial charge on any atom is 0.228 e. The number of carbonyl (C=O) groups is 1. The molecule has 0 aromatic carbocycles. The summed E-state index contributed by atoms with van der Waals surface area (Å²) in [6, 6.07) is 0.238. The van der Waals surface area contributed by atoms with E-state index in [2.05, 4.69) is 0 Å². The van der Waals surface area contributed by atoms with Gasteiger partial charge in [-0.1, -0.05) is 12.8 Å². The highest BCUT2D eigenvalue weighted by atomic mass is 35.5. The van der Waals surface area contributed by atoms with Gasteiger partial charge < -0.3 is 9.64 Å². The second kappa shape index (κ2) is 6.05. The molecule has 2 saturated heterocycles. The van der Waals surface area contributed by atoms with Crippen LogP contribution in [0.1, 0.15) is 39.0 Å². The molecular formula is C13H22ClNO2. The summed E-state index contributed by atoms with van der Waals surface area (Å²) in [4.78, 5) is 14.5. The molecule has 3 nitrogen and oxygen atoms in total. The third kappa shape index (κ3) is 3.14. The number of halogens is 1. The minimum Gasteiger partial charge on any atom is -0.378 e. The minimum atomic E-state index is 0.0637. The van der Waals surface area contributed by atoms with E-state index in [0.717, 1.165) is 25.8 Å². The highest BCUT2D eigenvalue weighted by molar-refractivity contribution is 6.18. The zero-order valence-corrected chi connectivity index (χ0v) is 11.3. The Bertz CT molecular complexity index is 272. The zero-order chi connectivity index (χ0) is 12.3. The monoisotopic (exact) mass is 259 g/mol. The van der Waals surface area contributed by atoms with Crippen LogP contribution in [0.2, 0.25) is 0 Å². The second-order valence-electron chi connectivity index (χ2n) is 5.27.